The molecule has 0 heterocycles. The van der Waals surface area contributed by atoms with Crippen molar-refractivity contribution in [1.29, 1.82) is 0 Å². The number of aliphatic hydroxyl groups is 1. The van der Waals surface area contributed by atoms with Gasteiger partial charge >= 0.3 is 0 Å². The van der Waals surface area contributed by atoms with Gasteiger partial charge in [0, 0.05) is 18.2 Å². The van der Waals surface area contributed by atoms with Crippen LogP contribution in [0, 0.1) is 0 Å². The Bertz CT molecular complexity index is 254. The monoisotopic (exact) mass is 213 g/mol. The minimum absolute atomic E-state index is 0.217. The lowest BCUT2D eigenvalue weighted by molar-refractivity contribution is 0.274. The molecule has 0 aromatic heterocycles. The lowest BCUT2D eigenvalue weighted by Crippen LogP contribution is -2.18. The molecule has 0 saturated carbocycles. The van der Waals surface area contributed by atoms with Crippen molar-refractivity contribution in [2.45, 2.75) is 12.3 Å². The van der Waals surface area contributed by atoms with Crippen LogP contribution in [0.4, 0.5) is 0 Å². The van der Waals surface area contributed by atoms with Gasteiger partial charge in [0.2, 0.25) is 0 Å². The van der Waals surface area contributed by atoms with Gasteiger partial charge in [-0.15, -0.1) is 0 Å². The average Bonchev–Trinajstić information content (AvgIpc) is 2.19. The Labute approximate surface area is 89.9 Å². The highest BCUT2D eigenvalue weighted by Crippen LogP contribution is 2.20. The van der Waals surface area contributed by atoms with Crippen LogP contribution in [-0.4, -0.2) is 25.3 Å². The third-order valence-corrected chi connectivity index (χ3v) is 2.52. The summed E-state index contributed by atoms with van der Waals surface area (Å²) in [5, 5.41) is 12.8. The van der Waals surface area contributed by atoms with E-state index in [4.69, 9.17) is 16.7 Å². The van der Waals surface area contributed by atoms with Gasteiger partial charge in [-0.2, -0.15) is 0 Å². The van der Waals surface area contributed by atoms with E-state index in [0.29, 0.717) is 5.92 Å². The molecule has 0 saturated heterocycles. The van der Waals surface area contributed by atoms with Crippen molar-refractivity contribution in [3.05, 3.63) is 34.9 Å². The summed E-state index contributed by atoms with van der Waals surface area (Å²) >= 11 is 5.81. The molecule has 0 amide bonds. The van der Waals surface area contributed by atoms with E-state index in [1.807, 2.05) is 31.3 Å². The van der Waals surface area contributed by atoms with Crippen LogP contribution in [0.5, 0.6) is 0 Å². The molecule has 1 atom stereocenters. The Kier molecular flexibility index (Phi) is 4.94. The standard InChI is InChI=1S/C11H16ClNO/c1-13-8-10(6-7-14)9-2-4-11(12)5-3-9/h2-5,10,13-14H,6-8H2,1H3. The summed E-state index contributed by atoms with van der Waals surface area (Å²) in [5.74, 6) is 0.363. The Morgan fingerprint density at radius 3 is 2.50 bits per heavy atom. The smallest absolute Gasteiger partial charge is 0.0437 e. The second-order valence-corrected chi connectivity index (χ2v) is 3.75. The summed E-state index contributed by atoms with van der Waals surface area (Å²) in [5.41, 5.74) is 1.22. The van der Waals surface area contributed by atoms with E-state index >= 15 is 0 Å². The molecule has 14 heavy (non-hydrogen) atoms. The number of hydrogen-bond acceptors (Lipinski definition) is 2. The Morgan fingerprint density at radius 2 is 2.00 bits per heavy atom. The molecular weight excluding hydrogens is 198 g/mol. The van der Waals surface area contributed by atoms with Crippen LogP contribution < -0.4 is 5.32 Å². The molecule has 1 aromatic carbocycles. The lowest BCUT2D eigenvalue weighted by atomic mass is 9.96. The van der Waals surface area contributed by atoms with Crippen LogP contribution in [0.2, 0.25) is 5.02 Å². The maximum absolute atomic E-state index is 8.93. The molecule has 2 N–H and O–H groups in total. The third-order valence-electron chi connectivity index (χ3n) is 2.27. The molecule has 1 rings (SSSR count). The topological polar surface area (TPSA) is 32.3 Å². The average molecular weight is 214 g/mol. The summed E-state index contributed by atoms with van der Waals surface area (Å²) in [4.78, 5) is 0. The number of halogens is 1. The van der Waals surface area contributed by atoms with E-state index in [0.717, 1.165) is 18.0 Å². The Hall–Kier alpha value is -0.570. The maximum Gasteiger partial charge on any atom is 0.0437 e. The predicted octanol–water partition coefficient (Wildman–Crippen LogP) is 2.03. The van der Waals surface area contributed by atoms with Crippen molar-refractivity contribution in [3.8, 4) is 0 Å². The number of hydrogen-bond donors (Lipinski definition) is 2. The van der Waals surface area contributed by atoms with E-state index in [1.54, 1.807) is 0 Å². The van der Waals surface area contributed by atoms with Crippen LogP contribution in [-0.2, 0) is 0 Å². The van der Waals surface area contributed by atoms with Gasteiger partial charge in [-0.3, -0.25) is 0 Å². The predicted molar refractivity (Wildman–Crippen MR) is 59.8 cm³/mol. The molecule has 1 aromatic rings. The van der Waals surface area contributed by atoms with Gasteiger partial charge in [0.05, 0.1) is 0 Å². The van der Waals surface area contributed by atoms with Crippen LogP contribution in [0.25, 0.3) is 0 Å². The zero-order valence-electron chi connectivity index (χ0n) is 8.33. The van der Waals surface area contributed by atoms with Crippen molar-refractivity contribution >= 4 is 11.6 Å². The molecule has 2 nitrogen and oxygen atoms in total. The van der Waals surface area contributed by atoms with E-state index < -0.39 is 0 Å². The zero-order chi connectivity index (χ0) is 10.4. The molecule has 78 valence electrons. The van der Waals surface area contributed by atoms with Gasteiger partial charge < -0.3 is 10.4 Å². The van der Waals surface area contributed by atoms with Crippen LogP contribution in [0.15, 0.2) is 24.3 Å². The fourth-order valence-corrected chi connectivity index (χ4v) is 1.65. The normalized spacial score (nSPS) is 12.8. The number of nitrogens with one attached hydrogen (secondary N) is 1. The summed E-state index contributed by atoms with van der Waals surface area (Å²) in [7, 11) is 1.92. The first-order valence-corrected chi connectivity index (χ1v) is 5.16. The molecule has 1 unspecified atom stereocenters. The quantitative estimate of drug-likeness (QED) is 0.785. The number of aliphatic hydroxyl groups excluding tert-OH is 1. The van der Waals surface area contributed by atoms with Crippen LogP contribution in [0.1, 0.15) is 17.9 Å². The number of rotatable bonds is 5. The summed E-state index contributed by atoms with van der Waals surface area (Å²) in [6.07, 6.45) is 0.780. The number of benzene rings is 1. The molecule has 0 aliphatic carbocycles. The first-order chi connectivity index (χ1) is 6.77. The van der Waals surface area contributed by atoms with Crippen molar-refractivity contribution < 1.29 is 5.11 Å². The van der Waals surface area contributed by atoms with Crippen LogP contribution in [0.3, 0.4) is 0 Å². The first kappa shape index (κ1) is 11.5. The molecule has 0 fully saturated rings. The number of likely N-dealkylation sites (N-methyl/N-ethyl adjacent to an activating group) is 1. The Morgan fingerprint density at radius 1 is 1.36 bits per heavy atom. The largest absolute Gasteiger partial charge is 0.396 e. The molecule has 0 radical (unpaired) electrons. The minimum Gasteiger partial charge on any atom is -0.396 e. The van der Waals surface area contributed by atoms with Crippen LogP contribution >= 0.6 is 11.6 Å². The molecule has 0 spiro atoms. The molecule has 0 bridgehead atoms. The van der Waals surface area contributed by atoms with Gasteiger partial charge in [-0.1, -0.05) is 23.7 Å². The lowest BCUT2D eigenvalue weighted by Gasteiger charge is -2.15. The molecule has 0 aliphatic rings. The molecule has 0 aliphatic heterocycles. The van der Waals surface area contributed by atoms with Crippen molar-refractivity contribution in [3.63, 3.8) is 0 Å². The maximum atomic E-state index is 8.93. The fraction of sp³-hybridized carbons (Fsp3) is 0.455. The van der Waals surface area contributed by atoms with E-state index in [-0.39, 0.29) is 6.61 Å². The van der Waals surface area contributed by atoms with Crippen molar-refractivity contribution in [1.82, 2.24) is 5.32 Å². The highest BCUT2D eigenvalue weighted by molar-refractivity contribution is 6.30. The third kappa shape index (κ3) is 3.29. The first-order valence-electron chi connectivity index (χ1n) is 4.79. The molecule has 3 heteroatoms. The SMILES string of the molecule is CNCC(CCO)c1ccc(Cl)cc1. The zero-order valence-corrected chi connectivity index (χ0v) is 9.09. The minimum atomic E-state index is 0.217. The van der Waals surface area contributed by atoms with E-state index in [9.17, 15) is 0 Å². The highest BCUT2D eigenvalue weighted by Gasteiger charge is 2.09. The summed E-state index contributed by atoms with van der Waals surface area (Å²) in [6.45, 7) is 1.09. The van der Waals surface area contributed by atoms with Gasteiger partial charge in [-0.05, 0) is 37.1 Å². The summed E-state index contributed by atoms with van der Waals surface area (Å²) < 4.78 is 0. The second kappa shape index (κ2) is 6.02. The summed E-state index contributed by atoms with van der Waals surface area (Å²) in [6, 6.07) is 7.80. The van der Waals surface area contributed by atoms with Gasteiger partial charge in [0.1, 0.15) is 0 Å². The Balaban J connectivity index is 2.71. The van der Waals surface area contributed by atoms with Crippen molar-refractivity contribution in [2.24, 2.45) is 0 Å². The molecular formula is C11H16ClNO. The van der Waals surface area contributed by atoms with E-state index in [1.165, 1.54) is 5.56 Å². The van der Waals surface area contributed by atoms with Gasteiger partial charge in [0.15, 0.2) is 0 Å². The van der Waals surface area contributed by atoms with E-state index in [2.05, 4.69) is 5.32 Å². The fourth-order valence-electron chi connectivity index (χ4n) is 1.52. The van der Waals surface area contributed by atoms with Crippen molar-refractivity contribution in [2.75, 3.05) is 20.2 Å². The van der Waals surface area contributed by atoms with Gasteiger partial charge in [0.25, 0.3) is 0 Å². The van der Waals surface area contributed by atoms with Gasteiger partial charge in [-0.25, -0.2) is 0 Å². The second-order valence-electron chi connectivity index (χ2n) is 3.32. The highest BCUT2D eigenvalue weighted by atomic mass is 35.5.